The molecule has 0 spiro atoms. The summed E-state index contributed by atoms with van der Waals surface area (Å²) < 4.78 is 1.33. The number of hydrogen-bond donors (Lipinski definition) is 1. The molecular weight excluding hydrogens is 254 g/mol. The van der Waals surface area contributed by atoms with Gasteiger partial charge >= 0.3 is 0 Å². The lowest BCUT2D eigenvalue weighted by atomic mass is 10.2. The third-order valence-electron chi connectivity index (χ3n) is 2.74. The number of rotatable bonds is 3. The number of nitriles is 1. The minimum atomic E-state index is -0.314. The molecule has 0 aliphatic heterocycles. The predicted molar refractivity (Wildman–Crippen MR) is 75.2 cm³/mol. The van der Waals surface area contributed by atoms with Crippen LogP contribution in [0, 0.1) is 18.3 Å². The number of aryl methyl sites for hydroxylation is 1. The average Bonchev–Trinajstić information content (AvgIpc) is 2.42. The van der Waals surface area contributed by atoms with Crippen molar-refractivity contribution in [3.63, 3.8) is 0 Å². The smallest absolute Gasteiger partial charge is 0.251 e. The van der Waals surface area contributed by atoms with Gasteiger partial charge in [-0.3, -0.25) is 9.59 Å². The lowest BCUT2D eigenvalue weighted by Gasteiger charge is -2.07. The van der Waals surface area contributed by atoms with Crippen LogP contribution >= 0.6 is 0 Å². The molecule has 0 atom stereocenters. The Hall–Kier alpha value is -2.87. The molecule has 2 rings (SSSR count). The van der Waals surface area contributed by atoms with Gasteiger partial charge in [-0.15, -0.1) is 0 Å². The second-order valence-electron chi connectivity index (χ2n) is 4.41. The molecule has 1 N–H and O–H groups in total. The highest BCUT2D eigenvalue weighted by molar-refractivity contribution is 5.90. The zero-order valence-electron chi connectivity index (χ0n) is 11.0. The monoisotopic (exact) mass is 267 g/mol. The molecular formula is C15H13N3O2. The van der Waals surface area contributed by atoms with Crippen molar-refractivity contribution in [1.29, 1.82) is 5.26 Å². The Balaban J connectivity index is 2.09. The maximum Gasteiger partial charge on any atom is 0.251 e. The molecule has 0 aliphatic rings. The summed E-state index contributed by atoms with van der Waals surface area (Å²) in [4.78, 5) is 23.5. The van der Waals surface area contributed by atoms with Gasteiger partial charge in [0.1, 0.15) is 6.54 Å². The van der Waals surface area contributed by atoms with Crippen LogP contribution in [-0.4, -0.2) is 10.5 Å². The van der Waals surface area contributed by atoms with Crippen molar-refractivity contribution in [2.75, 3.05) is 5.32 Å². The fourth-order valence-electron chi connectivity index (χ4n) is 1.76. The third-order valence-corrected chi connectivity index (χ3v) is 2.74. The molecule has 0 unspecified atom stereocenters. The molecule has 1 aromatic carbocycles. The van der Waals surface area contributed by atoms with Crippen LogP contribution in [0.25, 0.3) is 0 Å². The topological polar surface area (TPSA) is 74.9 Å². The molecule has 1 amide bonds. The average molecular weight is 267 g/mol. The van der Waals surface area contributed by atoms with Crippen LogP contribution in [0.2, 0.25) is 0 Å². The molecule has 5 heteroatoms. The molecule has 0 aliphatic carbocycles. The molecule has 0 fully saturated rings. The second-order valence-corrected chi connectivity index (χ2v) is 4.41. The third kappa shape index (κ3) is 3.33. The Morgan fingerprint density at radius 1 is 1.35 bits per heavy atom. The normalized spacial score (nSPS) is 9.80. The first kappa shape index (κ1) is 13.6. The number of amides is 1. The van der Waals surface area contributed by atoms with Crippen molar-refractivity contribution in [2.45, 2.75) is 13.5 Å². The van der Waals surface area contributed by atoms with Gasteiger partial charge in [0, 0.05) is 18.0 Å². The van der Waals surface area contributed by atoms with E-state index < -0.39 is 0 Å². The zero-order valence-corrected chi connectivity index (χ0v) is 11.0. The number of anilines is 1. The van der Waals surface area contributed by atoms with Crippen molar-refractivity contribution in [3.05, 3.63) is 64.1 Å². The van der Waals surface area contributed by atoms with Gasteiger partial charge in [-0.05, 0) is 36.8 Å². The number of benzene rings is 1. The first-order chi connectivity index (χ1) is 9.58. The van der Waals surface area contributed by atoms with Crippen LogP contribution in [0.1, 0.15) is 11.1 Å². The lowest BCUT2D eigenvalue weighted by molar-refractivity contribution is -0.116. The summed E-state index contributed by atoms with van der Waals surface area (Å²) in [5.41, 5.74) is 1.64. The van der Waals surface area contributed by atoms with E-state index in [1.54, 1.807) is 36.5 Å². The van der Waals surface area contributed by atoms with E-state index in [0.29, 0.717) is 11.3 Å². The van der Waals surface area contributed by atoms with Gasteiger partial charge in [0.05, 0.1) is 11.6 Å². The fourth-order valence-corrected chi connectivity index (χ4v) is 1.76. The van der Waals surface area contributed by atoms with Gasteiger partial charge in [0.25, 0.3) is 5.56 Å². The number of carbonyl (C=O) groups excluding carboxylic acids is 1. The van der Waals surface area contributed by atoms with Gasteiger partial charge < -0.3 is 9.88 Å². The summed E-state index contributed by atoms with van der Waals surface area (Å²) in [6, 6.07) is 11.9. The number of carbonyl (C=O) groups is 1. The Bertz CT molecular complexity index is 741. The van der Waals surface area contributed by atoms with Crippen LogP contribution in [-0.2, 0) is 11.3 Å². The summed E-state index contributed by atoms with van der Waals surface area (Å²) in [7, 11) is 0. The van der Waals surface area contributed by atoms with E-state index >= 15 is 0 Å². The lowest BCUT2D eigenvalue weighted by Crippen LogP contribution is -2.26. The summed E-state index contributed by atoms with van der Waals surface area (Å²) in [5.74, 6) is -0.314. The highest BCUT2D eigenvalue weighted by atomic mass is 16.2. The van der Waals surface area contributed by atoms with Gasteiger partial charge in [0.15, 0.2) is 0 Å². The van der Waals surface area contributed by atoms with Gasteiger partial charge in [-0.1, -0.05) is 6.07 Å². The number of pyridine rings is 1. The van der Waals surface area contributed by atoms with E-state index in [-0.39, 0.29) is 18.0 Å². The molecule has 100 valence electrons. The van der Waals surface area contributed by atoms with Crippen LogP contribution < -0.4 is 10.9 Å². The molecule has 1 aromatic heterocycles. The van der Waals surface area contributed by atoms with E-state index in [2.05, 4.69) is 5.32 Å². The molecule has 0 saturated carbocycles. The van der Waals surface area contributed by atoms with E-state index in [0.717, 1.165) is 5.56 Å². The van der Waals surface area contributed by atoms with E-state index in [1.165, 1.54) is 10.6 Å². The van der Waals surface area contributed by atoms with E-state index in [4.69, 9.17) is 5.26 Å². The number of aromatic nitrogens is 1. The summed E-state index contributed by atoms with van der Waals surface area (Å²) in [5, 5.41) is 11.4. The van der Waals surface area contributed by atoms with Crippen LogP contribution in [0.3, 0.4) is 0 Å². The van der Waals surface area contributed by atoms with Crippen molar-refractivity contribution < 1.29 is 4.79 Å². The zero-order chi connectivity index (χ0) is 14.5. The molecule has 20 heavy (non-hydrogen) atoms. The van der Waals surface area contributed by atoms with Gasteiger partial charge in [-0.25, -0.2) is 0 Å². The molecule has 0 radical (unpaired) electrons. The van der Waals surface area contributed by atoms with Crippen molar-refractivity contribution in [1.82, 2.24) is 4.57 Å². The molecule has 2 aromatic rings. The Morgan fingerprint density at radius 2 is 2.15 bits per heavy atom. The van der Waals surface area contributed by atoms with E-state index in [1.807, 2.05) is 13.0 Å². The Labute approximate surface area is 116 Å². The summed E-state index contributed by atoms with van der Waals surface area (Å²) in [6.07, 6.45) is 1.59. The number of hydrogen-bond acceptors (Lipinski definition) is 3. The first-order valence-electron chi connectivity index (χ1n) is 6.05. The van der Waals surface area contributed by atoms with Crippen molar-refractivity contribution in [3.8, 4) is 6.07 Å². The first-order valence-corrected chi connectivity index (χ1v) is 6.05. The van der Waals surface area contributed by atoms with Crippen LogP contribution in [0.4, 0.5) is 5.69 Å². The predicted octanol–water partition coefficient (Wildman–Crippen LogP) is 1.67. The number of nitrogens with one attached hydrogen (secondary N) is 1. The maximum atomic E-state index is 11.9. The minimum absolute atomic E-state index is 0.0596. The van der Waals surface area contributed by atoms with Crippen LogP contribution in [0.15, 0.2) is 47.4 Å². The highest BCUT2D eigenvalue weighted by Gasteiger charge is 2.05. The minimum Gasteiger partial charge on any atom is -0.324 e. The largest absolute Gasteiger partial charge is 0.324 e. The Morgan fingerprint density at radius 3 is 2.85 bits per heavy atom. The summed E-state index contributed by atoms with van der Waals surface area (Å²) in [6.45, 7) is 1.76. The summed E-state index contributed by atoms with van der Waals surface area (Å²) >= 11 is 0. The molecule has 5 nitrogen and oxygen atoms in total. The second kappa shape index (κ2) is 5.85. The quantitative estimate of drug-likeness (QED) is 0.919. The molecule has 0 bridgehead atoms. The maximum absolute atomic E-state index is 11.9. The van der Waals surface area contributed by atoms with Crippen molar-refractivity contribution >= 4 is 11.6 Å². The van der Waals surface area contributed by atoms with Gasteiger partial charge in [0.2, 0.25) is 5.91 Å². The Kier molecular flexibility index (Phi) is 3.96. The molecule has 0 saturated heterocycles. The fraction of sp³-hybridized carbons (Fsp3) is 0.133. The van der Waals surface area contributed by atoms with Crippen LogP contribution in [0.5, 0.6) is 0 Å². The van der Waals surface area contributed by atoms with E-state index in [9.17, 15) is 9.59 Å². The standard InChI is InChI=1S/C15H13N3O2/c1-11-5-6-18(15(20)7-11)10-14(19)17-13-4-2-3-12(8-13)9-16/h2-8H,10H2,1H3,(H,17,19). The highest BCUT2D eigenvalue weighted by Crippen LogP contribution is 2.09. The van der Waals surface area contributed by atoms with Gasteiger partial charge in [-0.2, -0.15) is 5.26 Å². The van der Waals surface area contributed by atoms with Crippen molar-refractivity contribution in [2.24, 2.45) is 0 Å². The number of nitrogens with zero attached hydrogens (tertiary/aromatic N) is 2. The SMILES string of the molecule is Cc1ccn(CC(=O)Nc2cccc(C#N)c2)c(=O)c1. The molecule has 1 heterocycles.